The van der Waals surface area contributed by atoms with Crippen LogP contribution in [0.2, 0.25) is 0 Å². The molecule has 0 amide bonds. The molecule has 1 aromatic carbocycles. The largest absolute Gasteiger partial charge is 0.497 e. The van der Waals surface area contributed by atoms with Gasteiger partial charge in [-0.05, 0) is 30.2 Å². The Bertz CT molecular complexity index is 382. The minimum absolute atomic E-state index is 0.159. The molecule has 3 nitrogen and oxygen atoms in total. The second kappa shape index (κ2) is 5.71. The molecule has 0 radical (unpaired) electrons. The molecule has 0 unspecified atom stereocenters. The van der Waals surface area contributed by atoms with E-state index in [2.05, 4.69) is 11.8 Å². The highest BCUT2D eigenvalue weighted by molar-refractivity contribution is 5.93. The number of Topliss-reactive ketones (excluding diaryl/α,β-unsaturated/α-hetero) is 1. The highest BCUT2D eigenvalue weighted by Gasteiger charge is 1.92. The van der Waals surface area contributed by atoms with E-state index in [1.807, 2.05) is 0 Å². The average molecular weight is 204 g/mol. The van der Waals surface area contributed by atoms with Crippen LogP contribution in [0.25, 0.3) is 0 Å². The van der Waals surface area contributed by atoms with Crippen molar-refractivity contribution in [1.29, 1.82) is 0 Å². The standard InChI is InChI=1S/C12H12O3/c1-10(13)4-3-9-15-12-7-5-11(14-2)6-8-12/h5-8H,9H2,1-2H3. The van der Waals surface area contributed by atoms with Gasteiger partial charge < -0.3 is 9.47 Å². The van der Waals surface area contributed by atoms with Gasteiger partial charge in [-0.2, -0.15) is 0 Å². The summed E-state index contributed by atoms with van der Waals surface area (Å²) in [6.45, 7) is 1.63. The van der Waals surface area contributed by atoms with Crippen LogP contribution in [0.15, 0.2) is 24.3 Å². The number of ether oxygens (including phenoxy) is 2. The van der Waals surface area contributed by atoms with Crippen LogP contribution in [0.4, 0.5) is 0 Å². The summed E-state index contributed by atoms with van der Waals surface area (Å²) in [6.07, 6.45) is 0. The Kier molecular flexibility index (Phi) is 4.24. The maximum absolute atomic E-state index is 10.5. The summed E-state index contributed by atoms with van der Waals surface area (Å²) in [7, 11) is 1.61. The minimum atomic E-state index is -0.159. The number of carbonyl (C=O) groups is 1. The molecule has 0 spiro atoms. The van der Waals surface area contributed by atoms with Crippen LogP contribution in [-0.2, 0) is 4.79 Å². The highest BCUT2D eigenvalue weighted by atomic mass is 16.5. The zero-order chi connectivity index (χ0) is 11.1. The molecule has 0 N–H and O–H groups in total. The first-order valence-corrected chi connectivity index (χ1v) is 4.48. The van der Waals surface area contributed by atoms with Crippen LogP contribution < -0.4 is 9.47 Å². The van der Waals surface area contributed by atoms with E-state index in [1.165, 1.54) is 6.92 Å². The molecule has 1 aromatic rings. The monoisotopic (exact) mass is 204 g/mol. The zero-order valence-corrected chi connectivity index (χ0v) is 8.74. The van der Waals surface area contributed by atoms with Crippen molar-refractivity contribution in [1.82, 2.24) is 0 Å². The second-order valence-electron chi connectivity index (χ2n) is 2.82. The maximum Gasteiger partial charge on any atom is 0.202 e. The van der Waals surface area contributed by atoms with Crippen LogP contribution >= 0.6 is 0 Å². The van der Waals surface area contributed by atoms with Crippen LogP contribution in [0, 0.1) is 11.8 Å². The van der Waals surface area contributed by atoms with E-state index in [9.17, 15) is 4.79 Å². The van der Waals surface area contributed by atoms with Crippen molar-refractivity contribution in [2.45, 2.75) is 6.92 Å². The topological polar surface area (TPSA) is 35.5 Å². The van der Waals surface area contributed by atoms with E-state index in [0.717, 1.165) is 5.75 Å². The first-order chi connectivity index (χ1) is 7.22. The Morgan fingerprint density at radius 2 is 1.87 bits per heavy atom. The van der Waals surface area contributed by atoms with Gasteiger partial charge in [0, 0.05) is 6.92 Å². The predicted molar refractivity (Wildman–Crippen MR) is 56.9 cm³/mol. The highest BCUT2D eigenvalue weighted by Crippen LogP contribution is 2.16. The number of methoxy groups -OCH3 is 1. The van der Waals surface area contributed by atoms with Gasteiger partial charge in [0.05, 0.1) is 7.11 Å². The molecule has 0 atom stereocenters. The van der Waals surface area contributed by atoms with Crippen molar-refractivity contribution in [3.05, 3.63) is 24.3 Å². The summed E-state index contributed by atoms with van der Waals surface area (Å²) in [5.74, 6) is 6.33. The molecule has 0 saturated carbocycles. The summed E-state index contributed by atoms with van der Waals surface area (Å²) in [6, 6.07) is 7.17. The first kappa shape index (κ1) is 11.1. The van der Waals surface area contributed by atoms with E-state index in [4.69, 9.17) is 9.47 Å². The molecule has 0 bridgehead atoms. The summed E-state index contributed by atoms with van der Waals surface area (Å²) in [5, 5.41) is 0. The van der Waals surface area contributed by atoms with Crippen molar-refractivity contribution < 1.29 is 14.3 Å². The fourth-order valence-electron chi connectivity index (χ4n) is 0.952. The van der Waals surface area contributed by atoms with Gasteiger partial charge in [0.2, 0.25) is 5.78 Å². The lowest BCUT2D eigenvalue weighted by Crippen LogP contribution is -1.94. The Labute approximate surface area is 89.0 Å². The predicted octanol–water partition coefficient (Wildman–Crippen LogP) is 1.67. The van der Waals surface area contributed by atoms with Gasteiger partial charge in [0.25, 0.3) is 0 Å². The minimum Gasteiger partial charge on any atom is -0.497 e. The Hall–Kier alpha value is -1.95. The van der Waals surface area contributed by atoms with Crippen molar-refractivity contribution in [3.63, 3.8) is 0 Å². The molecule has 15 heavy (non-hydrogen) atoms. The number of benzene rings is 1. The molecule has 3 heteroatoms. The van der Waals surface area contributed by atoms with Crippen LogP contribution in [-0.4, -0.2) is 19.5 Å². The molecule has 0 fully saturated rings. The third kappa shape index (κ3) is 4.19. The molecule has 0 saturated heterocycles. The molecule has 0 aliphatic heterocycles. The molecule has 0 aliphatic rings. The lowest BCUT2D eigenvalue weighted by Gasteiger charge is -2.02. The molecule has 1 rings (SSSR count). The van der Waals surface area contributed by atoms with E-state index in [1.54, 1.807) is 31.4 Å². The Morgan fingerprint density at radius 1 is 1.27 bits per heavy atom. The lowest BCUT2D eigenvalue weighted by atomic mass is 10.3. The number of ketones is 1. The van der Waals surface area contributed by atoms with Crippen molar-refractivity contribution >= 4 is 5.78 Å². The van der Waals surface area contributed by atoms with Gasteiger partial charge >= 0.3 is 0 Å². The summed E-state index contributed by atoms with van der Waals surface area (Å²) >= 11 is 0. The van der Waals surface area contributed by atoms with Gasteiger partial charge in [0.15, 0.2) is 0 Å². The van der Waals surface area contributed by atoms with Gasteiger partial charge in [-0.25, -0.2) is 0 Å². The smallest absolute Gasteiger partial charge is 0.202 e. The summed E-state index contributed by atoms with van der Waals surface area (Å²) in [4.78, 5) is 10.5. The zero-order valence-electron chi connectivity index (χ0n) is 8.74. The third-order valence-electron chi connectivity index (χ3n) is 1.63. The molecular formula is C12H12O3. The summed E-state index contributed by atoms with van der Waals surface area (Å²) in [5.41, 5.74) is 0. The number of hydrogen-bond donors (Lipinski definition) is 0. The van der Waals surface area contributed by atoms with Gasteiger partial charge in [-0.1, -0.05) is 5.92 Å². The van der Waals surface area contributed by atoms with Gasteiger partial charge in [0.1, 0.15) is 18.1 Å². The van der Waals surface area contributed by atoms with E-state index in [0.29, 0.717) is 5.75 Å². The van der Waals surface area contributed by atoms with Crippen LogP contribution in [0.5, 0.6) is 11.5 Å². The molecule has 0 aliphatic carbocycles. The summed E-state index contributed by atoms with van der Waals surface area (Å²) < 4.78 is 10.3. The van der Waals surface area contributed by atoms with Gasteiger partial charge in [-0.15, -0.1) is 0 Å². The lowest BCUT2D eigenvalue weighted by molar-refractivity contribution is -0.111. The number of carbonyl (C=O) groups excluding carboxylic acids is 1. The van der Waals surface area contributed by atoms with Gasteiger partial charge in [-0.3, -0.25) is 4.79 Å². The van der Waals surface area contributed by atoms with Crippen molar-refractivity contribution in [2.75, 3.05) is 13.7 Å². The van der Waals surface area contributed by atoms with Crippen molar-refractivity contribution in [3.8, 4) is 23.3 Å². The Balaban J connectivity index is 2.45. The molecule has 78 valence electrons. The molecular weight excluding hydrogens is 192 g/mol. The number of rotatable bonds is 3. The molecule has 0 heterocycles. The normalized spacial score (nSPS) is 8.67. The van der Waals surface area contributed by atoms with Crippen molar-refractivity contribution in [2.24, 2.45) is 0 Å². The fourth-order valence-corrected chi connectivity index (χ4v) is 0.952. The average Bonchev–Trinajstić information content (AvgIpc) is 2.25. The second-order valence-corrected chi connectivity index (χ2v) is 2.82. The molecule has 0 aromatic heterocycles. The van der Waals surface area contributed by atoms with E-state index >= 15 is 0 Å². The Morgan fingerprint density at radius 3 is 2.40 bits per heavy atom. The van der Waals surface area contributed by atoms with E-state index < -0.39 is 0 Å². The quantitative estimate of drug-likeness (QED) is 0.555. The first-order valence-electron chi connectivity index (χ1n) is 4.48. The third-order valence-corrected chi connectivity index (χ3v) is 1.63. The number of hydrogen-bond acceptors (Lipinski definition) is 3. The van der Waals surface area contributed by atoms with Crippen LogP contribution in [0.3, 0.4) is 0 Å². The van der Waals surface area contributed by atoms with Crippen LogP contribution in [0.1, 0.15) is 6.92 Å². The SMILES string of the molecule is COc1ccc(OCC#CC(C)=O)cc1. The van der Waals surface area contributed by atoms with E-state index in [-0.39, 0.29) is 12.4 Å². The fraction of sp³-hybridized carbons (Fsp3) is 0.250. The maximum atomic E-state index is 10.5.